The first-order valence-corrected chi connectivity index (χ1v) is 4.99. The maximum atomic E-state index is 10.7. The minimum absolute atomic E-state index is 0.0896. The molecule has 5 nitrogen and oxygen atoms in total. The summed E-state index contributed by atoms with van der Waals surface area (Å²) in [5, 5.41) is 13.7. The molecule has 1 aromatic rings. The Morgan fingerprint density at radius 1 is 1.50 bits per heavy atom. The second-order valence-electron chi connectivity index (χ2n) is 3.37. The molecule has 0 bridgehead atoms. The van der Waals surface area contributed by atoms with Gasteiger partial charge in [-0.25, -0.2) is 0 Å². The van der Waals surface area contributed by atoms with Gasteiger partial charge in [0, 0.05) is 19.2 Å². The number of benzene rings is 1. The Morgan fingerprint density at radius 3 is 2.88 bits per heavy atom. The molecular formula is C11H15N3O2. The average Bonchev–Trinajstić information content (AvgIpc) is 2.24. The third-order valence-corrected chi connectivity index (χ3v) is 2.06. The molecule has 3 N–H and O–H groups in total. The van der Waals surface area contributed by atoms with Crippen LogP contribution in [0.3, 0.4) is 0 Å². The number of hydrogen-bond donors (Lipinski definition) is 2. The third-order valence-electron chi connectivity index (χ3n) is 2.06. The van der Waals surface area contributed by atoms with Crippen molar-refractivity contribution >= 4 is 11.4 Å². The van der Waals surface area contributed by atoms with Crippen LogP contribution in [0.4, 0.5) is 11.4 Å². The van der Waals surface area contributed by atoms with Crippen molar-refractivity contribution in [2.24, 2.45) is 5.73 Å². The van der Waals surface area contributed by atoms with Gasteiger partial charge in [-0.2, -0.15) is 0 Å². The molecule has 0 unspecified atom stereocenters. The van der Waals surface area contributed by atoms with Crippen LogP contribution in [-0.2, 0) is 0 Å². The van der Waals surface area contributed by atoms with Gasteiger partial charge in [-0.1, -0.05) is 18.2 Å². The van der Waals surface area contributed by atoms with Gasteiger partial charge in [-0.3, -0.25) is 10.1 Å². The Morgan fingerprint density at radius 2 is 2.25 bits per heavy atom. The van der Waals surface area contributed by atoms with Crippen molar-refractivity contribution in [1.82, 2.24) is 0 Å². The van der Waals surface area contributed by atoms with Crippen LogP contribution in [0, 0.1) is 17.0 Å². The molecule has 0 aromatic heterocycles. The van der Waals surface area contributed by atoms with Gasteiger partial charge in [0.2, 0.25) is 0 Å². The summed E-state index contributed by atoms with van der Waals surface area (Å²) < 4.78 is 0. The molecule has 1 aromatic carbocycles. The zero-order chi connectivity index (χ0) is 12.0. The lowest BCUT2D eigenvalue weighted by Crippen LogP contribution is -2.03. The normalized spacial score (nSPS) is 10.6. The molecule has 0 heterocycles. The summed E-state index contributed by atoms with van der Waals surface area (Å²) in [5.74, 6) is 0. The van der Waals surface area contributed by atoms with E-state index in [9.17, 15) is 10.1 Å². The van der Waals surface area contributed by atoms with Crippen molar-refractivity contribution in [2.75, 3.05) is 18.4 Å². The Hall–Kier alpha value is -1.88. The Labute approximate surface area is 94.1 Å². The number of nitro benzene ring substituents is 1. The highest BCUT2D eigenvalue weighted by atomic mass is 16.6. The highest BCUT2D eigenvalue weighted by Crippen LogP contribution is 2.24. The molecule has 0 spiro atoms. The van der Waals surface area contributed by atoms with Crippen LogP contribution in [0.15, 0.2) is 30.4 Å². The van der Waals surface area contributed by atoms with Crippen molar-refractivity contribution in [3.63, 3.8) is 0 Å². The second-order valence-corrected chi connectivity index (χ2v) is 3.37. The van der Waals surface area contributed by atoms with E-state index >= 15 is 0 Å². The van der Waals surface area contributed by atoms with Crippen LogP contribution in [0.1, 0.15) is 5.56 Å². The van der Waals surface area contributed by atoms with Gasteiger partial charge in [0.1, 0.15) is 5.69 Å². The molecule has 0 radical (unpaired) electrons. The molecule has 1 rings (SSSR count). The number of hydrogen-bond acceptors (Lipinski definition) is 4. The summed E-state index contributed by atoms with van der Waals surface area (Å²) in [6.45, 7) is 2.89. The van der Waals surface area contributed by atoms with Gasteiger partial charge in [0.05, 0.1) is 4.92 Å². The molecule has 86 valence electrons. The molecule has 0 saturated heterocycles. The molecule has 0 aliphatic heterocycles. The lowest BCUT2D eigenvalue weighted by molar-refractivity contribution is -0.384. The van der Waals surface area contributed by atoms with E-state index in [-0.39, 0.29) is 5.69 Å². The van der Waals surface area contributed by atoms with E-state index in [0.717, 1.165) is 5.56 Å². The fourth-order valence-corrected chi connectivity index (χ4v) is 1.30. The van der Waals surface area contributed by atoms with E-state index < -0.39 is 4.92 Å². The zero-order valence-corrected chi connectivity index (χ0v) is 9.14. The summed E-state index contributed by atoms with van der Waals surface area (Å²) >= 11 is 0. The van der Waals surface area contributed by atoms with E-state index in [0.29, 0.717) is 18.8 Å². The minimum Gasteiger partial charge on any atom is -0.376 e. The van der Waals surface area contributed by atoms with E-state index in [2.05, 4.69) is 5.32 Å². The van der Waals surface area contributed by atoms with Crippen LogP contribution < -0.4 is 11.1 Å². The highest BCUT2D eigenvalue weighted by Gasteiger charge is 2.11. The summed E-state index contributed by atoms with van der Waals surface area (Å²) in [6, 6.07) is 4.98. The first kappa shape index (κ1) is 12.2. The standard InChI is InChI=1S/C11H15N3O2/c1-9-4-5-11(14(15)16)10(8-9)13-7-3-2-6-12/h2-5,8,13H,6-7,12H2,1H3/b3-2+. The maximum absolute atomic E-state index is 10.7. The van der Waals surface area contributed by atoms with Gasteiger partial charge < -0.3 is 11.1 Å². The Kier molecular flexibility index (Phi) is 4.47. The summed E-state index contributed by atoms with van der Waals surface area (Å²) in [7, 11) is 0. The average molecular weight is 221 g/mol. The Balaban J connectivity index is 2.80. The van der Waals surface area contributed by atoms with Gasteiger partial charge in [-0.15, -0.1) is 0 Å². The maximum Gasteiger partial charge on any atom is 0.292 e. The molecule has 0 amide bonds. The van der Waals surface area contributed by atoms with Crippen molar-refractivity contribution in [1.29, 1.82) is 0 Å². The summed E-state index contributed by atoms with van der Waals surface area (Å²) in [6.07, 6.45) is 3.64. The van der Waals surface area contributed by atoms with E-state index in [4.69, 9.17) is 5.73 Å². The number of rotatable bonds is 5. The summed E-state index contributed by atoms with van der Waals surface area (Å²) in [4.78, 5) is 10.4. The van der Waals surface area contributed by atoms with Gasteiger partial charge in [0.15, 0.2) is 0 Å². The largest absolute Gasteiger partial charge is 0.376 e. The first-order valence-electron chi connectivity index (χ1n) is 4.99. The lowest BCUT2D eigenvalue weighted by Gasteiger charge is -2.05. The number of nitrogens with one attached hydrogen (secondary N) is 1. The fourth-order valence-electron chi connectivity index (χ4n) is 1.30. The molecule has 5 heteroatoms. The summed E-state index contributed by atoms with van der Waals surface area (Å²) in [5.41, 5.74) is 6.89. The predicted octanol–water partition coefficient (Wildman–Crippen LogP) is 1.83. The monoisotopic (exact) mass is 221 g/mol. The van der Waals surface area contributed by atoms with Gasteiger partial charge in [-0.05, 0) is 18.6 Å². The van der Waals surface area contributed by atoms with Gasteiger partial charge in [0.25, 0.3) is 5.69 Å². The first-order chi connectivity index (χ1) is 7.65. The molecule has 0 atom stereocenters. The van der Waals surface area contributed by atoms with Crippen molar-refractivity contribution < 1.29 is 4.92 Å². The van der Waals surface area contributed by atoms with Crippen molar-refractivity contribution in [3.05, 3.63) is 46.0 Å². The SMILES string of the molecule is Cc1ccc([N+](=O)[O-])c(NC/C=C/CN)c1. The second kappa shape index (κ2) is 5.87. The lowest BCUT2D eigenvalue weighted by atomic mass is 10.2. The van der Waals surface area contributed by atoms with Crippen LogP contribution >= 0.6 is 0 Å². The topological polar surface area (TPSA) is 81.2 Å². The molecule has 16 heavy (non-hydrogen) atoms. The van der Waals surface area contributed by atoms with Crippen LogP contribution in [0.5, 0.6) is 0 Å². The molecule has 0 aliphatic rings. The van der Waals surface area contributed by atoms with E-state index in [1.807, 2.05) is 13.0 Å². The van der Waals surface area contributed by atoms with Crippen LogP contribution in [0.2, 0.25) is 0 Å². The molecule has 0 fully saturated rings. The molecular weight excluding hydrogens is 206 g/mol. The minimum atomic E-state index is -0.394. The van der Waals surface area contributed by atoms with E-state index in [1.54, 1.807) is 18.2 Å². The zero-order valence-electron chi connectivity index (χ0n) is 9.14. The molecule has 0 saturated carbocycles. The number of nitrogens with zero attached hydrogens (tertiary/aromatic N) is 1. The smallest absolute Gasteiger partial charge is 0.292 e. The van der Waals surface area contributed by atoms with Crippen molar-refractivity contribution in [2.45, 2.75) is 6.92 Å². The number of anilines is 1. The third kappa shape index (κ3) is 3.36. The predicted molar refractivity (Wildman–Crippen MR) is 64.5 cm³/mol. The van der Waals surface area contributed by atoms with Crippen LogP contribution in [0.25, 0.3) is 0 Å². The number of nitrogens with two attached hydrogens (primary N) is 1. The van der Waals surface area contributed by atoms with Crippen LogP contribution in [-0.4, -0.2) is 18.0 Å². The van der Waals surface area contributed by atoms with E-state index in [1.165, 1.54) is 6.07 Å². The fraction of sp³-hybridized carbons (Fsp3) is 0.273. The quantitative estimate of drug-likeness (QED) is 0.451. The van der Waals surface area contributed by atoms with Gasteiger partial charge >= 0.3 is 0 Å². The number of nitro groups is 1. The highest BCUT2D eigenvalue weighted by molar-refractivity contribution is 5.62. The molecule has 0 aliphatic carbocycles. The Bertz CT molecular complexity index is 402. The van der Waals surface area contributed by atoms with Crippen molar-refractivity contribution in [3.8, 4) is 0 Å². The number of aryl methyl sites for hydroxylation is 1.